The minimum Gasteiger partial charge on any atom is -0.485 e. The van der Waals surface area contributed by atoms with Crippen LogP contribution >= 0.6 is 11.3 Å². The molecule has 3 rings (SSSR count). The lowest BCUT2D eigenvalue weighted by molar-refractivity contribution is 0.198. The molecule has 3 aromatic rings. The summed E-state index contributed by atoms with van der Waals surface area (Å²) in [5, 5.41) is 9.66. The second-order valence-electron chi connectivity index (χ2n) is 4.91. The third-order valence-corrected chi connectivity index (χ3v) is 4.19. The Balaban J connectivity index is 1.90. The monoisotopic (exact) mass is 298 g/mol. The van der Waals surface area contributed by atoms with Gasteiger partial charge in [-0.3, -0.25) is 4.98 Å². The summed E-state index contributed by atoms with van der Waals surface area (Å²) >= 11 is 1.70. The van der Waals surface area contributed by atoms with Crippen molar-refractivity contribution in [2.24, 2.45) is 0 Å². The Morgan fingerprint density at radius 2 is 2.24 bits per heavy atom. The molecular formula is C17H18N2OS. The van der Waals surface area contributed by atoms with Gasteiger partial charge in [0.1, 0.15) is 11.9 Å². The first-order valence-electron chi connectivity index (χ1n) is 7.04. The van der Waals surface area contributed by atoms with Gasteiger partial charge >= 0.3 is 0 Å². The van der Waals surface area contributed by atoms with Gasteiger partial charge in [0.05, 0.1) is 0 Å². The molecule has 2 heterocycles. The van der Waals surface area contributed by atoms with E-state index < -0.39 is 0 Å². The predicted molar refractivity (Wildman–Crippen MR) is 88.0 cm³/mol. The molecule has 0 aliphatic carbocycles. The van der Waals surface area contributed by atoms with Crippen molar-refractivity contribution < 1.29 is 4.74 Å². The normalized spacial score (nSPS) is 12.4. The molecule has 21 heavy (non-hydrogen) atoms. The first-order chi connectivity index (χ1) is 10.4. The maximum absolute atomic E-state index is 6.30. The molecule has 1 atom stereocenters. The van der Waals surface area contributed by atoms with E-state index in [-0.39, 0.29) is 6.10 Å². The zero-order valence-corrected chi connectivity index (χ0v) is 12.8. The zero-order chi connectivity index (χ0) is 14.5. The number of hydrogen-bond donors (Lipinski definition) is 1. The number of nitrogens with one attached hydrogen (secondary N) is 1. The first-order valence-corrected chi connectivity index (χ1v) is 7.99. The number of ether oxygens (including phenoxy) is 1. The fraction of sp³-hybridized carbons (Fsp3) is 0.235. The molecule has 1 aromatic carbocycles. The smallest absolute Gasteiger partial charge is 0.129 e. The van der Waals surface area contributed by atoms with E-state index in [0.29, 0.717) is 0 Å². The molecule has 0 amide bonds. The molecule has 3 nitrogen and oxygen atoms in total. The number of hydrogen-bond acceptors (Lipinski definition) is 4. The van der Waals surface area contributed by atoms with Crippen molar-refractivity contribution >= 4 is 22.1 Å². The molecule has 0 bridgehead atoms. The van der Waals surface area contributed by atoms with Gasteiger partial charge in [-0.1, -0.05) is 12.1 Å². The maximum atomic E-state index is 6.30. The first kappa shape index (κ1) is 14.0. The molecule has 1 N–H and O–H groups in total. The van der Waals surface area contributed by atoms with Crippen molar-refractivity contribution in [3.63, 3.8) is 0 Å². The third-order valence-electron chi connectivity index (χ3n) is 3.48. The molecule has 108 valence electrons. The van der Waals surface area contributed by atoms with Crippen molar-refractivity contribution in [3.8, 4) is 5.75 Å². The summed E-state index contributed by atoms with van der Waals surface area (Å²) in [6.07, 6.45) is 4.68. The Kier molecular flexibility index (Phi) is 4.48. The molecule has 0 saturated heterocycles. The van der Waals surface area contributed by atoms with E-state index in [9.17, 15) is 0 Å². The number of pyridine rings is 1. The summed E-state index contributed by atoms with van der Waals surface area (Å²) in [6, 6.07) is 10.3. The lowest BCUT2D eigenvalue weighted by Crippen LogP contribution is -2.16. The Morgan fingerprint density at radius 1 is 1.29 bits per heavy atom. The quantitative estimate of drug-likeness (QED) is 0.746. The second-order valence-corrected chi connectivity index (χ2v) is 5.69. The number of thiophene rings is 1. The van der Waals surface area contributed by atoms with Crippen LogP contribution < -0.4 is 10.1 Å². The van der Waals surface area contributed by atoms with Crippen molar-refractivity contribution in [2.45, 2.75) is 12.5 Å². The highest BCUT2D eigenvalue weighted by atomic mass is 32.1. The van der Waals surface area contributed by atoms with Gasteiger partial charge in [0.15, 0.2) is 0 Å². The van der Waals surface area contributed by atoms with Crippen LogP contribution in [0.15, 0.2) is 53.5 Å². The molecule has 0 aliphatic rings. The number of rotatable bonds is 6. The standard InChI is InChI=1S/C17H18N2OS/c1-18-8-6-16(14-7-10-21-12-14)20-17-4-2-3-13-5-9-19-11-15(13)17/h2-5,7,9-12,16,18H,6,8H2,1H3. The van der Waals surface area contributed by atoms with E-state index in [1.165, 1.54) is 5.56 Å². The molecule has 4 heteroatoms. The zero-order valence-electron chi connectivity index (χ0n) is 12.0. The largest absolute Gasteiger partial charge is 0.485 e. The summed E-state index contributed by atoms with van der Waals surface area (Å²) in [4.78, 5) is 4.22. The maximum Gasteiger partial charge on any atom is 0.129 e. The van der Waals surface area contributed by atoms with Crippen LogP contribution in [0, 0.1) is 0 Å². The molecular weight excluding hydrogens is 280 g/mol. The summed E-state index contributed by atoms with van der Waals surface area (Å²) in [6.45, 7) is 0.920. The van der Waals surface area contributed by atoms with E-state index in [4.69, 9.17) is 4.74 Å². The Bertz CT molecular complexity index is 692. The predicted octanol–water partition coefficient (Wildman–Crippen LogP) is 4.03. The topological polar surface area (TPSA) is 34.1 Å². The molecule has 0 saturated carbocycles. The average Bonchev–Trinajstić information content (AvgIpc) is 3.06. The van der Waals surface area contributed by atoms with Crippen LogP contribution in [0.2, 0.25) is 0 Å². The van der Waals surface area contributed by atoms with Crippen molar-refractivity contribution in [3.05, 3.63) is 59.0 Å². The van der Waals surface area contributed by atoms with Crippen molar-refractivity contribution in [1.29, 1.82) is 0 Å². The number of aromatic nitrogens is 1. The van der Waals surface area contributed by atoms with Gasteiger partial charge in [0.2, 0.25) is 0 Å². The van der Waals surface area contributed by atoms with E-state index in [1.54, 1.807) is 11.3 Å². The van der Waals surface area contributed by atoms with Gasteiger partial charge in [-0.15, -0.1) is 0 Å². The Morgan fingerprint density at radius 3 is 3.05 bits per heavy atom. The summed E-state index contributed by atoms with van der Waals surface area (Å²) in [7, 11) is 1.96. The van der Waals surface area contributed by atoms with Gasteiger partial charge in [-0.2, -0.15) is 11.3 Å². The van der Waals surface area contributed by atoms with Crippen molar-refractivity contribution in [2.75, 3.05) is 13.6 Å². The number of nitrogens with zero attached hydrogens (tertiary/aromatic N) is 1. The Labute approximate surface area is 128 Å². The van der Waals surface area contributed by atoms with Gasteiger partial charge in [-0.25, -0.2) is 0 Å². The Hall–Kier alpha value is -1.91. The average molecular weight is 298 g/mol. The van der Waals surface area contributed by atoms with Gasteiger partial charge in [0.25, 0.3) is 0 Å². The van der Waals surface area contributed by atoms with Crippen LogP contribution in [0.3, 0.4) is 0 Å². The highest BCUT2D eigenvalue weighted by Crippen LogP contribution is 2.31. The van der Waals surface area contributed by atoms with E-state index in [0.717, 1.165) is 29.5 Å². The van der Waals surface area contributed by atoms with E-state index in [1.807, 2.05) is 37.6 Å². The highest BCUT2D eigenvalue weighted by molar-refractivity contribution is 7.07. The molecule has 1 unspecified atom stereocenters. The van der Waals surface area contributed by atoms with Gasteiger partial charge in [-0.05, 0) is 47.9 Å². The molecule has 0 aliphatic heterocycles. The molecule has 0 fully saturated rings. The van der Waals surface area contributed by atoms with E-state index in [2.05, 4.69) is 33.2 Å². The summed E-state index contributed by atoms with van der Waals surface area (Å²) < 4.78 is 6.30. The lowest BCUT2D eigenvalue weighted by Gasteiger charge is -2.19. The van der Waals surface area contributed by atoms with Crippen LogP contribution in [-0.2, 0) is 0 Å². The highest BCUT2D eigenvalue weighted by Gasteiger charge is 2.15. The molecule has 2 aromatic heterocycles. The summed E-state index contributed by atoms with van der Waals surface area (Å²) in [5.41, 5.74) is 1.23. The minimum atomic E-state index is 0.0644. The fourth-order valence-corrected chi connectivity index (χ4v) is 3.07. The third kappa shape index (κ3) is 3.23. The second kappa shape index (κ2) is 6.70. The van der Waals surface area contributed by atoms with Crippen LogP contribution in [0.1, 0.15) is 18.1 Å². The molecule has 0 radical (unpaired) electrons. The van der Waals surface area contributed by atoms with Gasteiger partial charge < -0.3 is 10.1 Å². The van der Waals surface area contributed by atoms with Crippen LogP contribution in [0.25, 0.3) is 10.8 Å². The number of fused-ring (bicyclic) bond motifs is 1. The van der Waals surface area contributed by atoms with Gasteiger partial charge in [0, 0.05) is 29.8 Å². The van der Waals surface area contributed by atoms with Crippen molar-refractivity contribution in [1.82, 2.24) is 10.3 Å². The summed E-state index contributed by atoms with van der Waals surface area (Å²) in [5.74, 6) is 0.896. The molecule has 0 spiro atoms. The van der Waals surface area contributed by atoms with Crippen LogP contribution in [0.5, 0.6) is 5.75 Å². The lowest BCUT2D eigenvalue weighted by atomic mass is 10.1. The number of benzene rings is 1. The minimum absolute atomic E-state index is 0.0644. The van der Waals surface area contributed by atoms with Crippen LogP contribution in [0.4, 0.5) is 0 Å². The fourth-order valence-electron chi connectivity index (χ4n) is 2.37. The van der Waals surface area contributed by atoms with Crippen LogP contribution in [-0.4, -0.2) is 18.6 Å². The SMILES string of the molecule is CNCCC(Oc1cccc2ccncc12)c1ccsc1. The van der Waals surface area contributed by atoms with E-state index >= 15 is 0 Å².